The molecule has 0 saturated heterocycles. The van der Waals surface area contributed by atoms with E-state index in [2.05, 4.69) is 98.9 Å². The Hall–Kier alpha value is -2.43. The quantitative estimate of drug-likeness (QED) is 0.0379. The van der Waals surface area contributed by atoms with Gasteiger partial charge in [-0.2, -0.15) is 0 Å². The zero-order chi connectivity index (χ0) is 41.2. The Morgan fingerprint density at radius 2 is 0.789 bits per heavy atom. The van der Waals surface area contributed by atoms with Crippen molar-refractivity contribution in [3.8, 4) is 0 Å². The van der Waals surface area contributed by atoms with Crippen molar-refractivity contribution in [1.82, 2.24) is 0 Å². The average Bonchev–Trinajstić information content (AvgIpc) is 3.22. The van der Waals surface area contributed by atoms with E-state index >= 15 is 0 Å². The fourth-order valence-corrected chi connectivity index (χ4v) is 6.66. The molecule has 0 radical (unpaired) electrons. The van der Waals surface area contributed by atoms with Gasteiger partial charge in [0.15, 0.2) is 0 Å². The largest absolute Gasteiger partial charge is 0.457 e. The van der Waals surface area contributed by atoms with E-state index in [1.807, 2.05) is 0 Å². The van der Waals surface area contributed by atoms with Crippen molar-refractivity contribution in [2.45, 2.75) is 225 Å². The van der Waals surface area contributed by atoms with Gasteiger partial charge < -0.3 is 14.6 Å². The third kappa shape index (κ3) is 47.8. The molecule has 0 aliphatic carbocycles. The maximum Gasteiger partial charge on any atom is 0.306 e. The summed E-state index contributed by atoms with van der Waals surface area (Å²) in [6, 6.07) is 0. The number of rotatable bonds is 44. The molecule has 0 spiro atoms. The fraction of sp³-hybridized carbons (Fsp3) is 0.717. The van der Waals surface area contributed by atoms with Gasteiger partial charge in [0.1, 0.15) is 6.10 Å². The van der Waals surface area contributed by atoms with Crippen LogP contribution in [0.25, 0.3) is 0 Å². The Kier molecular flexibility index (Phi) is 47.6. The number of hydrogen-bond acceptors (Lipinski definition) is 4. The van der Waals surface area contributed by atoms with Crippen LogP contribution >= 0.6 is 0 Å². The first-order chi connectivity index (χ1) is 28.2. The van der Waals surface area contributed by atoms with Crippen molar-refractivity contribution in [2.24, 2.45) is 0 Å². The maximum absolute atomic E-state index is 12.2. The number of allylic oxidation sites excluding steroid dienone is 14. The first kappa shape index (κ1) is 54.6. The van der Waals surface area contributed by atoms with E-state index in [4.69, 9.17) is 9.47 Å². The van der Waals surface area contributed by atoms with Gasteiger partial charge in [-0.1, -0.05) is 227 Å². The molecule has 0 amide bonds. The van der Waals surface area contributed by atoms with Crippen LogP contribution < -0.4 is 0 Å². The highest BCUT2D eigenvalue weighted by Gasteiger charge is 2.13. The summed E-state index contributed by atoms with van der Waals surface area (Å²) >= 11 is 0. The highest BCUT2D eigenvalue weighted by atomic mass is 16.6. The molecule has 0 aromatic carbocycles. The Labute approximate surface area is 354 Å². The summed E-state index contributed by atoms with van der Waals surface area (Å²) in [5.74, 6) is -0.210. The molecule has 1 N–H and O–H groups in total. The van der Waals surface area contributed by atoms with Crippen LogP contribution in [0.1, 0.15) is 219 Å². The third-order valence-corrected chi connectivity index (χ3v) is 10.2. The molecule has 4 heteroatoms. The van der Waals surface area contributed by atoms with E-state index in [1.54, 1.807) is 0 Å². The molecule has 57 heavy (non-hydrogen) atoms. The lowest BCUT2D eigenvalue weighted by Crippen LogP contribution is -2.27. The van der Waals surface area contributed by atoms with E-state index < -0.39 is 6.10 Å². The van der Waals surface area contributed by atoms with E-state index in [9.17, 15) is 9.90 Å². The molecule has 1 atom stereocenters. The Morgan fingerprint density at radius 3 is 1.19 bits per heavy atom. The van der Waals surface area contributed by atoms with Crippen LogP contribution in [0.4, 0.5) is 0 Å². The number of aliphatic hydroxyl groups excluding tert-OH is 1. The Bertz CT molecular complexity index is 1020. The molecule has 0 aromatic rings. The first-order valence-corrected chi connectivity index (χ1v) is 24.2. The molecule has 328 valence electrons. The third-order valence-electron chi connectivity index (χ3n) is 10.2. The molecule has 0 aromatic heterocycles. The zero-order valence-corrected chi connectivity index (χ0v) is 37.6. The highest BCUT2D eigenvalue weighted by Crippen LogP contribution is 2.15. The number of carbonyl (C=O) groups excluding carboxylic acids is 1. The lowest BCUT2D eigenvalue weighted by atomic mass is 10.0. The average molecular weight is 793 g/mol. The molecule has 1 unspecified atom stereocenters. The minimum atomic E-state index is -0.552. The van der Waals surface area contributed by atoms with Crippen molar-refractivity contribution < 1.29 is 19.4 Å². The topological polar surface area (TPSA) is 55.8 Å². The maximum atomic E-state index is 12.2. The number of carbonyl (C=O) groups is 1. The van der Waals surface area contributed by atoms with Gasteiger partial charge in [0.05, 0.1) is 13.2 Å². The second kappa shape index (κ2) is 49.7. The smallest absolute Gasteiger partial charge is 0.306 e. The SMILES string of the molecule is CC/C=C\C/C=C\C/C=C\C/C=C\C/C=C\C/C=C\C/C=C\CCCCCCOCC(CO)OC(=O)CCCCCCCCCCCCCCCCCCCCC. The van der Waals surface area contributed by atoms with Gasteiger partial charge in [0.25, 0.3) is 0 Å². The standard InChI is InChI=1S/C53H92O4/c1-3-5-7-9-11-13-15-17-19-21-23-24-25-26-27-28-29-31-33-35-37-39-41-43-45-47-49-56-51-52(50-54)57-53(55)48-46-44-42-40-38-36-34-32-30-22-20-18-16-14-12-10-8-6-4-2/h5,7,11,13,17,19,23-24,26-27,29,31,35,37,52,54H,3-4,6,8-10,12,14-16,18,20-22,25,28,30,32-34,36,38-51H2,1-2H3/b7-5-,13-11-,19-17-,24-23-,27-26-,31-29-,37-35-. The molecule has 0 rings (SSSR count). The van der Waals surface area contributed by atoms with Gasteiger partial charge in [0.2, 0.25) is 0 Å². The Morgan fingerprint density at radius 1 is 0.439 bits per heavy atom. The van der Waals surface area contributed by atoms with Gasteiger partial charge in [-0.3, -0.25) is 4.79 Å². The van der Waals surface area contributed by atoms with Gasteiger partial charge in [0, 0.05) is 13.0 Å². The summed E-state index contributed by atoms with van der Waals surface area (Å²) in [5, 5.41) is 9.63. The number of unbranched alkanes of at least 4 members (excludes halogenated alkanes) is 22. The van der Waals surface area contributed by atoms with Crippen LogP contribution in [0.2, 0.25) is 0 Å². The van der Waals surface area contributed by atoms with Gasteiger partial charge in [-0.15, -0.1) is 0 Å². The summed E-state index contributed by atoms with van der Waals surface area (Å²) in [5.41, 5.74) is 0. The number of aliphatic hydroxyl groups is 1. The summed E-state index contributed by atoms with van der Waals surface area (Å²) in [4.78, 5) is 12.2. The van der Waals surface area contributed by atoms with Crippen LogP contribution in [0, 0.1) is 0 Å². The predicted octanol–water partition coefficient (Wildman–Crippen LogP) is 16.3. The molecular weight excluding hydrogens is 701 g/mol. The minimum Gasteiger partial charge on any atom is -0.457 e. The number of esters is 1. The molecule has 0 saturated carbocycles. The van der Waals surface area contributed by atoms with Crippen molar-refractivity contribution in [2.75, 3.05) is 19.8 Å². The molecule has 0 bridgehead atoms. The van der Waals surface area contributed by atoms with E-state index in [-0.39, 0.29) is 19.2 Å². The van der Waals surface area contributed by atoms with Crippen LogP contribution in [0.15, 0.2) is 85.1 Å². The molecule has 0 heterocycles. The van der Waals surface area contributed by atoms with Crippen LogP contribution in [0.3, 0.4) is 0 Å². The van der Waals surface area contributed by atoms with Crippen LogP contribution in [-0.2, 0) is 14.3 Å². The summed E-state index contributed by atoms with van der Waals surface area (Å²) in [7, 11) is 0. The van der Waals surface area contributed by atoms with Crippen LogP contribution in [0.5, 0.6) is 0 Å². The summed E-state index contributed by atoms with van der Waals surface area (Å²) in [6.45, 7) is 5.19. The van der Waals surface area contributed by atoms with Gasteiger partial charge >= 0.3 is 5.97 Å². The monoisotopic (exact) mass is 793 g/mol. The van der Waals surface area contributed by atoms with Crippen LogP contribution in [-0.4, -0.2) is 37.0 Å². The molecular formula is C53H92O4. The van der Waals surface area contributed by atoms with E-state index in [0.29, 0.717) is 13.0 Å². The second-order valence-electron chi connectivity index (χ2n) is 15.8. The van der Waals surface area contributed by atoms with Gasteiger partial charge in [-0.05, 0) is 70.6 Å². The predicted molar refractivity (Wildman–Crippen MR) is 251 cm³/mol. The first-order valence-electron chi connectivity index (χ1n) is 24.2. The lowest BCUT2D eigenvalue weighted by Gasteiger charge is -2.15. The van der Waals surface area contributed by atoms with Crippen molar-refractivity contribution >= 4 is 5.97 Å². The number of ether oxygens (including phenoxy) is 2. The summed E-state index contributed by atoms with van der Waals surface area (Å²) < 4.78 is 11.2. The highest BCUT2D eigenvalue weighted by molar-refractivity contribution is 5.69. The number of hydrogen-bond donors (Lipinski definition) is 1. The summed E-state index contributed by atoms with van der Waals surface area (Å²) in [6.07, 6.45) is 69.5. The second-order valence-corrected chi connectivity index (χ2v) is 15.8. The van der Waals surface area contributed by atoms with Crippen molar-refractivity contribution in [1.29, 1.82) is 0 Å². The van der Waals surface area contributed by atoms with Crippen molar-refractivity contribution in [3.05, 3.63) is 85.1 Å². The molecule has 0 aliphatic rings. The van der Waals surface area contributed by atoms with Crippen molar-refractivity contribution in [3.63, 3.8) is 0 Å². The Balaban J connectivity index is 3.52. The zero-order valence-electron chi connectivity index (χ0n) is 37.6. The molecule has 0 aliphatic heterocycles. The van der Waals surface area contributed by atoms with Gasteiger partial charge in [-0.25, -0.2) is 0 Å². The molecule has 0 fully saturated rings. The van der Waals surface area contributed by atoms with E-state index in [0.717, 1.165) is 77.0 Å². The molecule has 4 nitrogen and oxygen atoms in total. The lowest BCUT2D eigenvalue weighted by molar-refractivity contribution is -0.154. The fourth-order valence-electron chi connectivity index (χ4n) is 6.66. The normalized spacial score (nSPS) is 13.1. The van der Waals surface area contributed by atoms with E-state index in [1.165, 1.54) is 122 Å². The minimum absolute atomic E-state index is 0.185.